The molecule has 0 spiro atoms. The van der Waals surface area contributed by atoms with E-state index in [-0.39, 0.29) is 17.4 Å². The summed E-state index contributed by atoms with van der Waals surface area (Å²) in [5.74, 6) is 0.905. The molecule has 0 saturated carbocycles. The largest absolute Gasteiger partial charge is 0.436 e. The molecule has 5 nitrogen and oxygen atoms in total. The Morgan fingerprint density at radius 2 is 1.81 bits per heavy atom. The minimum atomic E-state index is -0.159. The maximum Gasteiger partial charge on any atom is 0.230 e. The average Bonchev–Trinajstić information content (AvgIpc) is 3.23. The number of benzene rings is 3. The zero-order valence-electron chi connectivity index (χ0n) is 18.1. The number of thiocarbonyl (C=S) groups is 1. The van der Waals surface area contributed by atoms with Crippen LogP contribution in [-0.4, -0.2) is 16.0 Å². The van der Waals surface area contributed by atoms with Crippen LogP contribution in [0.2, 0.25) is 0 Å². The van der Waals surface area contributed by atoms with E-state index in [1.807, 2.05) is 60.7 Å². The van der Waals surface area contributed by atoms with Gasteiger partial charge in [0.05, 0.1) is 6.42 Å². The quantitative estimate of drug-likeness (QED) is 0.354. The van der Waals surface area contributed by atoms with Crippen LogP contribution in [0.25, 0.3) is 22.6 Å². The number of nitrogens with zero attached hydrogens (tertiary/aromatic N) is 1. The van der Waals surface area contributed by atoms with Crippen molar-refractivity contribution < 1.29 is 9.21 Å². The van der Waals surface area contributed by atoms with Crippen LogP contribution >= 0.6 is 12.2 Å². The molecule has 162 valence electrons. The molecule has 1 aromatic heterocycles. The Bertz CT molecular complexity index is 1230. The molecule has 3 aromatic carbocycles. The summed E-state index contributed by atoms with van der Waals surface area (Å²) >= 11 is 5.27. The molecule has 0 radical (unpaired) electrons. The number of aromatic nitrogens is 1. The third-order valence-corrected chi connectivity index (χ3v) is 5.65. The fourth-order valence-corrected chi connectivity index (χ4v) is 3.65. The highest BCUT2D eigenvalue weighted by atomic mass is 32.1. The van der Waals surface area contributed by atoms with Gasteiger partial charge in [0.2, 0.25) is 11.8 Å². The van der Waals surface area contributed by atoms with Gasteiger partial charge in [0.25, 0.3) is 0 Å². The molecule has 0 aliphatic carbocycles. The van der Waals surface area contributed by atoms with Gasteiger partial charge in [-0.25, -0.2) is 4.98 Å². The first-order chi connectivity index (χ1) is 15.5. The van der Waals surface area contributed by atoms with E-state index >= 15 is 0 Å². The highest BCUT2D eigenvalue weighted by Gasteiger charge is 2.11. The minimum Gasteiger partial charge on any atom is -0.436 e. The Morgan fingerprint density at radius 3 is 2.53 bits per heavy atom. The van der Waals surface area contributed by atoms with E-state index in [0.717, 1.165) is 34.3 Å². The first-order valence-electron chi connectivity index (χ1n) is 10.7. The Balaban J connectivity index is 1.39. The van der Waals surface area contributed by atoms with Gasteiger partial charge in [0, 0.05) is 11.3 Å². The normalized spacial score (nSPS) is 11.8. The Morgan fingerprint density at radius 1 is 1.06 bits per heavy atom. The van der Waals surface area contributed by atoms with Gasteiger partial charge < -0.3 is 15.1 Å². The summed E-state index contributed by atoms with van der Waals surface area (Å²) in [6.07, 6.45) is 1.36. The standard InChI is InChI=1S/C26H25N3O2S/c1-3-17(2)20-11-14-23-22(16-20)28-25(31-23)19-9-12-21(13-10-19)27-26(32)29-24(30)15-18-7-5-4-6-8-18/h4-14,16-17H,3,15H2,1-2H3,(H2,27,29,30,32). The summed E-state index contributed by atoms with van der Waals surface area (Å²) in [6.45, 7) is 4.39. The van der Waals surface area contributed by atoms with Crippen molar-refractivity contribution in [3.63, 3.8) is 0 Å². The van der Waals surface area contributed by atoms with E-state index in [1.165, 1.54) is 5.56 Å². The topological polar surface area (TPSA) is 67.2 Å². The second kappa shape index (κ2) is 9.75. The number of rotatable bonds is 6. The number of amides is 1. The molecule has 0 saturated heterocycles. The third-order valence-electron chi connectivity index (χ3n) is 5.44. The van der Waals surface area contributed by atoms with Crippen molar-refractivity contribution >= 4 is 40.0 Å². The second-order valence-electron chi connectivity index (χ2n) is 7.80. The fourth-order valence-electron chi connectivity index (χ4n) is 3.42. The predicted octanol–water partition coefficient (Wildman–Crippen LogP) is 6.06. The summed E-state index contributed by atoms with van der Waals surface area (Å²) in [4.78, 5) is 16.8. The number of anilines is 1. The van der Waals surface area contributed by atoms with Gasteiger partial charge in [-0.15, -0.1) is 0 Å². The Labute approximate surface area is 192 Å². The number of oxazole rings is 1. The lowest BCUT2D eigenvalue weighted by Gasteiger charge is -2.10. The lowest BCUT2D eigenvalue weighted by molar-refractivity contribution is -0.119. The van der Waals surface area contributed by atoms with Crippen LogP contribution in [0, 0.1) is 0 Å². The van der Waals surface area contributed by atoms with Crippen LogP contribution in [0.15, 0.2) is 77.2 Å². The van der Waals surface area contributed by atoms with Crippen LogP contribution in [-0.2, 0) is 11.2 Å². The molecule has 6 heteroatoms. The number of hydrogen-bond donors (Lipinski definition) is 2. The van der Waals surface area contributed by atoms with Crippen molar-refractivity contribution in [2.45, 2.75) is 32.6 Å². The number of hydrogen-bond acceptors (Lipinski definition) is 4. The van der Waals surface area contributed by atoms with Crippen LogP contribution in [0.4, 0.5) is 5.69 Å². The maximum absolute atomic E-state index is 12.2. The number of carbonyl (C=O) groups excluding carboxylic acids is 1. The van der Waals surface area contributed by atoms with Gasteiger partial charge in [0.1, 0.15) is 5.52 Å². The zero-order chi connectivity index (χ0) is 22.5. The summed E-state index contributed by atoms with van der Waals surface area (Å²) in [6, 6.07) is 23.3. The number of nitrogens with one attached hydrogen (secondary N) is 2. The van der Waals surface area contributed by atoms with Crippen molar-refractivity contribution in [3.05, 3.63) is 83.9 Å². The molecule has 1 unspecified atom stereocenters. The summed E-state index contributed by atoms with van der Waals surface area (Å²) in [7, 11) is 0. The monoisotopic (exact) mass is 443 g/mol. The van der Waals surface area contributed by atoms with E-state index in [0.29, 0.717) is 11.8 Å². The molecule has 0 aliphatic heterocycles. The predicted molar refractivity (Wildman–Crippen MR) is 133 cm³/mol. The van der Waals surface area contributed by atoms with Crippen LogP contribution < -0.4 is 10.6 Å². The van der Waals surface area contributed by atoms with Crippen molar-refractivity contribution in [1.29, 1.82) is 0 Å². The highest BCUT2D eigenvalue weighted by Crippen LogP contribution is 2.28. The van der Waals surface area contributed by atoms with Gasteiger partial charge >= 0.3 is 0 Å². The van der Waals surface area contributed by atoms with Crippen molar-refractivity contribution in [2.24, 2.45) is 0 Å². The average molecular weight is 444 g/mol. The highest BCUT2D eigenvalue weighted by molar-refractivity contribution is 7.80. The molecule has 4 rings (SSSR count). The molecule has 0 aliphatic rings. The number of fused-ring (bicyclic) bond motifs is 1. The maximum atomic E-state index is 12.2. The SMILES string of the molecule is CCC(C)c1ccc2oc(-c3ccc(NC(=S)NC(=O)Cc4ccccc4)cc3)nc2c1. The molecule has 4 aromatic rings. The van der Waals surface area contributed by atoms with Gasteiger partial charge in [0.15, 0.2) is 10.7 Å². The van der Waals surface area contributed by atoms with Crippen molar-refractivity contribution in [3.8, 4) is 11.5 Å². The number of carbonyl (C=O) groups is 1. The van der Waals surface area contributed by atoms with E-state index in [1.54, 1.807) is 0 Å². The van der Waals surface area contributed by atoms with E-state index in [4.69, 9.17) is 16.6 Å². The Kier molecular flexibility index (Phi) is 6.61. The van der Waals surface area contributed by atoms with E-state index in [2.05, 4.69) is 41.6 Å². The molecule has 2 N–H and O–H groups in total. The molecule has 0 fully saturated rings. The summed E-state index contributed by atoms with van der Waals surface area (Å²) in [5.41, 5.74) is 5.48. The van der Waals surface area contributed by atoms with Crippen LogP contribution in [0.3, 0.4) is 0 Å². The van der Waals surface area contributed by atoms with Crippen LogP contribution in [0.5, 0.6) is 0 Å². The summed E-state index contributed by atoms with van der Waals surface area (Å²) < 4.78 is 5.94. The van der Waals surface area contributed by atoms with Gasteiger partial charge in [-0.2, -0.15) is 0 Å². The zero-order valence-corrected chi connectivity index (χ0v) is 18.9. The van der Waals surface area contributed by atoms with Gasteiger partial charge in [-0.05, 0) is 72.1 Å². The van der Waals surface area contributed by atoms with Crippen LogP contribution in [0.1, 0.15) is 37.3 Å². The lowest BCUT2D eigenvalue weighted by atomic mass is 9.98. The molecule has 32 heavy (non-hydrogen) atoms. The Hall–Kier alpha value is -3.51. The van der Waals surface area contributed by atoms with Crippen molar-refractivity contribution in [2.75, 3.05) is 5.32 Å². The van der Waals surface area contributed by atoms with E-state index < -0.39 is 0 Å². The molecule has 1 amide bonds. The lowest BCUT2D eigenvalue weighted by Crippen LogP contribution is -2.35. The molecule has 1 atom stereocenters. The third kappa shape index (κ3) is 5.21. The first kappa shape index (κ1) is 21.7. The summed E-state index contributed by atoms with van der Waals surface area (Å²) in [5, 5.41) is 6.01. The minimum absolute atomic E-state index is 0.159. The molecule has 0 bridgehead atoms. The smallest absolute Gasteiger partial charge is 0.230 e. The van der Waals surface area contributed by atoms with Gasteiger partial charge in [-0.3, -0.25) is 4.79 Å². The first-order valence-corrected chi connectivity index (χ1v) is 11.1. The van der Waals surface area contributed by atoms with Gasteiger partial charge in [-0.1, -0.05) is 50.2 Å². The molecule has 1 heterocycles. The molecular weight excluding hydrogens is 418 g/mol. The van der Waals surface area contributed by atoms with Crippen molar-refractivity contribution in [1.82, 2.24) is 10.3 Å². The van der Waals surface area contributed by atoms with E-state index in [9.17, 15) is 4.79 Å². The second-order valence-corrected chi connectivity index (χ2v) is 8.21. The molecular formula is C26H25N3O2S. The fraction of sp³-hybridized carbons (Fsp3) is 0.192.